The molecule has 3 aliphatic heterocycles. The maximum absolute atomic E-state index is 8.95. The predicted octanol–water partition coefficient (Wildman–Crippen LogP) is 7.99. The average Bonchev–Trinajstić information content (AvgIpc) is 3.70. The minimum atomic E-state index is -0.765. The van der Waals surface area contributed by atoms with E-state index >= 15 is 0 Å². The van der Waals surface area contributed by atoms with Crippen LogP contribution in [0.3, 0.4) is 0 Å². The molecular formula is C34H45Br2ClN6O4. The molecule has 256 valence electrons. The molecular weight excluding hydrogens is 752 g/mol. The van der Waals surface area contributed by atoms with Crippen molar-refractivity contribution < 1.29 is 19.5 Å². The highest BCUT2D eigenvalue weighted by molar-refractivity contribution is 9.10. The number of guanidine groups is 1. The van der Waals surface area contributed by atoms with Gasteiger partial charge in [0.15, 0.2) is 0 Å². The lowest BCUT2D eigenvalue weighted by molar-refractivity contribution is -0.203. The van der Waals surface area contributed by atoms with Gasteiger partial charge in [-0.2, -0.15) is 10.3 Å². The molecule has 2 fully saturated rings. The van der Waals surface area contributed by atoms with Crippen LogP contribution >= 0.6 is 44.3 Å². The normalized spacial score (nSPS) is 30.6. The number of hydrogen-bond donors (Lipinski definition) is 3. The third kappa shape index (κ3) is 7.92. The molecule has 0 aromatic heterocycles. The lowest BCUT2D eigenvalue weighted by Gasteiger charge is -2.43. The fraction of sp³-hybridized carbons (Fsp3) is 0.559. The Balaban J connectivity index is 0.000000194. The molecule has 3 spiro atoms. The van der Waals surface area contributed by atoms with Crippen molar-refractivity contribution >= 4 is 55.9 Å². The summed E-state index contributed by atoms with van der Waals surface area (Å²) in [5.41, 5.74) is 9.43. The summed E-state index contributed by atoms with van der Waals surface area (Å²) >= 11 is 7.01. The summed E-state index contributed by atoms with van der Waals surface area (Å²) in [6, 6.07) is 12.0. The van der Waals surface area contributed by atoms with Crippen molar-refractivity contribution in [2.45, 2.75) is 95.0 Å². The molecule has 4 N–H and O–H groups in total. The smallest absolute Gasteiger partial charge is 0.222 e. The Morgan fingerprint density at radius 3 is 2.19 bits per heavy atom. The molecule has 2 saturated carbocycles. The van der Waals surface area contributed by atoms with E-state index in [-0.39, 0.29) is 23.6 Å². The number of nitriles is 1. The van der Waals surface area contributed by atoms with Crippen LogP contribution in [0.4, 0.5) is 0 Å². The number of nitrogens with two attached hydrogens (primary N) is 1. The van der Waals surface area contributed by atoms with Gasteiger partial charge >= 0.3 is 0 Å². The van der Waals surface area contributed by atoms with E-state index in [1.807, 2.05) is 42.6 Å². The number of nitrogens with one attached hydrogen (secondary N) is 1. The van der Waals surface area contributed by atoms with Crippen LogP contribution in [0.15, 0.2) is 55.3 Å². The molecule has 0 amide bonds. The third-order valence-electron chi connectivity index (χ3n) is 9.90. The minimum Gasteiger partial charge on any atom is -0.487 e. The van der Waals surface area contributed by atoms with E-state index in [4.69, 9.17) is 35.5 Å². The number of halogens is 3. The first-order valence-electron chi connectivity index (χ1n) is 16.1. The van der Waals surface area contributed by atoms with Crippen LogP contribution in [-0.2, 0) is 10.6 Å². The summed E-state index contributed by atoms with van der Waals surface area (Å²) in [6.45, 7) is 4.49. The quantitative estimate of drug-likeness (QED) is 0.206. The van der Waals surface area contributed by atoms with Crippen LogP contribution in [0.5, 0.6) is 11.5 Å². The number of rotatable bonds is 2. The standard InChI is InChI=1S/C17H22BrN3O2.C16H17BrN2O.CH5NO.ClH/c1-3-11-6-7-16(9-11)10-17(20-15(19)21(2)23-17)13-8-12(18)4-5-14(13)22-16;1-2-11-5-6-16(8-11)9-14(19-10-18)13-7-12(17)3-4-15(13)20-16;1-2-3;/h4-5,8,11H,3,6-7,9-10H2,1-2H3,(H2,19,20);3-4,7,11H,2,5-6,8-9H2,1H3;2-3H,1H3;1H. The van der Waals surface area contributed by atoms with Crippen LogP contribution < -0.4 is 20.7 Å². The summed E-state index contributed by atoms with van der Waals surface area (Å²) in [5, 5.41) is 17.8. The van der Waals surface area contributed by atoms with Crippen LogP contribution in [0, 0.1) is 23.3 Å². The van der Waals surface area contributed by atoms with Crippen LogP contribution in [0.25, 0.3) is 0 Å². The topological polar surface area (TPSA) is 138 Å². The van der Waals surface area contributed by atoms with Gasteiger partial charge in [-0.15, -0.1) is 12.4 Å². The molecule has 7 rings (SSSR count). The second-order valence-corrected chi connectivity index (χ2v) is 14.8. The first-order valence-corrected chi connectivity index (χ1v) is 17.6. The zero-order chi connectivity index (χ0) is 33.1. The fourth-order valence-corrected chi connectivity index (χ4v) is 8.40. The molecule has 5 unspecified atom stereocenters. The second-order valence-electron chi connectivity index (χ2n) is 13.0. The van der Waals surface area contributed by atoms with Crippen LogP contribution in [0.1, 0.15) is 89.2 Å². The van der Waals surface area contributed by atoms with E-state index < -0.39 is 5.72 Å². The minimum absolute atomic E-state index is 0. The molecule has 3 heterocycles. The van der Waals surface area contributed by atoms with Gasteiger partial charge in [0.1, 0.15) is 22.7 Å². The monoisotopic (exact) mass is 794 g/mol. The van der Waals surface area contributed by atoms with Crippen molar-refractivity contribution in [3.8, 4) is 17.7 Å². The average molecular weight is 797 g/mol. The zero-order valence-corrected chi connectivity index (χ0v) is 31.4. The van der Waals surface area contributed by atoms with Gasteiger partial charge in [-0.1, -0.05) is 58.5 Å². The van der Waals surface area contributed by atoms with E-state index in [1.54, 1.807) is 17.6 Å². The largest absolute Gasteiger partial charge is 0.487 e. The molecule has 5 aliphatic rings. The number of hydrogen-bond acceptors (Lipinski definition) is 10. The molecule has 0 radical (unpaired) electrons. The summed E-state index contributed by atoms with van der Waals surface area (Å²) in [7, 11) is 3.23. The van der Waals surface area contributed by atoms with Gasteiger partial charge in [0.2, 0.25) is 17.9 Å². The fourth-order valence-electron chi connectivity index (χ4n) is 7.67. The highest BCUT2D eigenvalue weighted by atomic mass is 79.9. The summed E-state index contributed by atoms with van der Waals surface area (Å²) in [4.78, 5) is 14.9. The van der Waals surface area contributed by atoms with E-state index in [0.29, 0.717) is 18.3 Å². The van der Waals surface area contributed by atoms with Crippen LogP contribution in [-0.4, -0.2) is 47.2 Å². The summed E-state index contributed by atoms with van der Waals surface area (Å²) in [6.07, 6.45) is 12.5. The van der Waals surface area contributed by atoms with E-state index in [1.165, 1.54) is 32.7 Å². The number of ether oxygens (including phenoxy) is 2. The maximum atomic E-state index is 8.95. The molecule has 0 bridgehead atoms. The lowest BCUT2D eigenvalue weighted by Crippen LogP contribution is -2.47. The Morgan fingerprint density at radius 2 is 1.62 bits per heavy atom. The van der Waals surface area contributed by atoms with Gasteiger partial charge in [0.25, 0.3) is 0 Å². The Labute approximate surface area is 300 Å². The van der Waals surface area contributed by atoms with E-state index in [2.05, 4.69) is 50.7 Å². The number of aliphatic imine (C=N–C) groups is 2. The molecule has 13 heteroatoms. The van der Waals surface area contributed by atoms with Crippen molar-refractivity contribution in [3.05, 3.63) is 56.5 Å². The summed E-state index contributed by atoms with van der Waals surface area (Å²) < 4.78 is 14.8. The second kappa shape index (κ2) is 15.4. The zero-order valence-electron chi connectivity index (χ0n) is 27.4. The Hall–Kier alpha value is -2.40. The molecule has 10 nitrogen and oxygen atoms in total. The predicted molar refractivity (Wildman–Crippen MR) is 192 cm³/mol. The highest BCUT2D eigenvalue weighted by Crippen LogP contribution is 2.55. The number of benzene rings is 2. The van der Waals surface area contributed by atoms with Crippen LogP contribution in [0.2, 0.25) is 0 Å². The molecule has 2 aliphatic carbocycles. The van der Waals surface area contributed by atoms with E-state index in [9.17, 15) is 0 Å². The molecule has 2 aromatic rings. The lowest BCUT2D eigenvalue weighted by atomic mass is 9.82. The van der Waals surface area contributed by atoms with Crippen molar-refractivity contribution in [2.24, 2.45) is 27.6 Å². The Morgan fingerprint density at radius 1 is 1.04 bits per heavy atom. The first-order chi connectivity index (χ1) is 22.0. The van der Waals surface area contributed by atoms with Crippen molar-refractivity contribution in [1.82, 2.24) is 10.5 Å². The maximum Gasteiger partial charge on any atom is 0.222 e. The molecule has 2 aromatic carbocycles. The molecule has 0 saturated heterocycles. The van der Waals surface area contributed by atoms with Crippen molar-refractivity contribution in [1.29, 1.82) is 5.26 Å². The van der Waals surface area contributed by atoms with Gasteiger partial charge in [-0.25, -0.2) is 20.4 Å². The number of nitrogens with zero attached hydrogens (tertiary/aromatic N) is 4. The molecule has 47 heavy (non-hydrogen) atoms. The summed E-state index contributed by atoms with van der Waals surface area (Å²) in [5.74, 6) is 3.59. The number of fused-ring (bicyclic) bond motifs is 3. The Bertz CT molecular complexity index is 1540. The third-order valence-corrected chi connectivity index (χ3v) is 10.9. The van der Waals surface area contributed by atoms with E-state index in [0.717, 1.165) is 75.3 Å². The SMILES string of the molecule is CCC1CCC2(C1)CC1(N=C(N)N(C)O1)c1cc(Br)ccc1O2.CCC1CCC2(CC(=NC#N)c3cc(Br)ccc3O2)C1.CNO.Cl. The molecule has 5 atom stereocenters. The van der Waals surface area contributed by atoms with Gasteiger partial charge in [0, 0.05) is 41.4 Å². The Kier molecular flexibility index (Phi) is 12.3. The first kappa shape index (κ1) is 37.4. The van der Waals surface area contributed by atoms with Gasteiger partial charge in [0.05, 0.1) is 11.3 Å². The number of hydroxylamine groups is 3. The van der Waals surface area contributed by atoms with Gasteiger partial charge in [-0.3, -0.25) is 0 Å². The van der Waals surface area contributed by atoms with Gasteiger partial charge in [-0.05, 0) is 86.8 Å². The van der Waals surface area contributed by atoms with Gasteiger partial charge < -0.3 is 20.4 Å². The van der Waals surface area contributed by atoms with Crippen molar-refractivity contribution in [3.63, 3.8) is 0 Å². The van der Waals surface area contributed by atoms with Crippen molar-refractivity contribution in [2.75, 3.05) is 14.1 Å². The highest BCUT2D eigenvalue weighted by Gasteiger charge is 2.56.